The van der Waals surface area contributed by atoms with Gasteiger partial charge in [-0.05, 0) is 56.5 Å². The monoisotopic (exact) mass is 469 g/mol. The molecule has 1 atom stereocenters. The minimum absolute atomic E-state index is 0.111. The molecule has 1 fully saturated rings. The standard InChI is InChI=1S/C19H27ClF3N3O3S/c1-14-4-2-10-26(13-14)11-3-8-24-18(27)7-9-25-30(28,29)15-5-6-17(20)16(12-15)19(21,22)23/h5-6,12,14,25H,2-4,7-11,13H2,1H3,(H,24,27). The molecule has 0 saturated carbocycles. The third-order valence-electron chi connectivity index (χ3n) is 4.91. The van der Waals surface area contributed by atoms with Crippen LogP contribution in [0.1, 0.15) is 38.2 Å². The highest BCUT2D eigenvalue weighted by Gasteiger charge is 2.34. The minimum Gasteiger partial charge on any atom is -0.356 e. The van der Waals surface area contributed by atoms with Crippen LogP contribution in [0, 0.1) is 5.92 Å². The number of hydrogen-bond donors (Lipinski definition) is 2. The summed E-state index contributed by atoms with van der Waals surface area (Å²) in [6, 6.07) is 2.35. The zero-order chi connectivity index (χ0) is 22.4. The Labute approximate surface area is 180 Å². The Morgan fingerprint density at radius 1 is 1.30 bits per heavy atom. The molecule has 170 valence electrons. The van der Waals surface area contributed by atoms with Crippen LogP contribution in [0.15, 0.2) is 23.1 Å². The number of carbonyl (C=O) groups is 1. The van der Waals surface area contributed by atoms with Crippen LogP contribution in [0.25, 0.3) is 0 Å². The van der Waals surface area contributed by atoms with Crippen molar-refractivity contribution in [2.24, 2.45) is 5.92 Å². The molecule has 30 heavy (non-hydrogen) atoms. The van der Waals surface area contributed by atoms with Gasteiger partial charge in [0, 0.05) is 26.1 Å². The molecule has 2 rings (SSSR count). The van der Waals surface area contributed by atoms with E-state index in [1.807, 2.05) is 0 Å². The quantitative estimate of drug-likeness (QED) is 0.544. The fourth-order valence-corrected chi connectivity index (χ4v) is 4.66. The maximum Gasteiger partial charge on any atom is 0.417 e. The number of benzene rings is 1. The second-order valence-corrected chi connectivity index (χ2v) is 9.71. The van der Waals surface area contributed by atoms with Gasteiger partial charge in [0.2, 0.25) is 15.9 Å². The highest BCUT2D eigenvalue weighted by molar-refractivity contribution is 7.89. The van der Waals surface area contributed by atoms with Gasteiger partial charge in [0.25, 0.3) is 0 Å². The largest absolute Gasteiger partial charge is 0.417 e. The van der Waals surface area contributed by atoms with Crippen LogP contribution < -0.4 is 10.0 Å². The van der Waals surface area contributed by atoms with E-state index in [4.69, 9.17) is 11.6 Å². The Hall–Kier alpha value is -1.36. The first-order valence-electron chi connectivity index (χ1n) is 9.84. The molecule has 1 aromatic rings. The number of piperidine rings is 1. The molecule has 1 aromatic carbocycles. The Balaban J connectivity index is 1.74. The molecule has 1 aliphatic heterocycles. The predicted octanol–water partition coefficient (Wildman–Crippen LogP) is 3.27. The van der Waals surface area contributed by atoms with Crippen molar-refractivity contribution in [1.29, 1.82) is 0 Å². The molecule has 0 aromatic heterocycles. The average Bonchev–Trinajstić information content (AvgIpc) is 2.64. The van der Waals surface area contributed by atoms with Crippen molar-refractivity contribution < 1.29 is 26.4 Å². The van der Waals surface area contributed by atoms with E-state index >= 15 is 0 Å². The molecule has 1 amide bonds. The molecule has 1 saturated heterocycles. The number of nitrogens with one attached hydrogen (secondary N) is 2. The number of halogens is 4. The van der Waals surface area contributed by atoms with E-state index in [9.17, 15) is 26.4 Å². The number of hydrogen-bond acceptors (Lipinski definition) is 4. The molecule has 11 heteroatoms. The van der Waals surface area contributed by atoms with E-state index in [0.717, 1.165) is 38.2 Å². The van der Waals surface area contributed by atoms with Gasteiger partial charge in [0.05, 0.1) is 15.5 Å². The van der Waals surface area contributed by atoms with Crippen molar-refractivity contribution >= 4 is 27.5 Å². The summed E-state index contributed by atoms with van der Waals surface area (Å²) in [5.41, 5.74) is -1.23. The number of alkyl halides is 3. The summed E-state index contributed by atoms with van der Waals surface area (Å²) < 4.78 is 65.3. The highest BCUT2D eigenvalue weighted by Crippen LogP contribution is 2.35. The van der Waals surface area contributed by atoms with E-state index in [-0.39, 0.29) is 18.9 Å². The second kappa shape index (κ2) is 10.8. The second-order valence-electron chi connectivity index (χ2n) is 7.54. The van der Waals surface area contributed by atoms with Crippen LogP contribution in [0.2, 0.25) is 5.02 Å². The van der Waals surface area contributed by atoms with Gasteiger partial charge in [-0.1, -0.05) is 18.5 Å². The number of carbonyl (C=O) groups excluding carboxylic acids is 1. The summed E-state index contributed by atoms with van der Waals surface area (Å²) >= 11 is 5.50. The van der Waals surface area contributed by atoms with E-state index in [0.29, 0.717) is 18.5 Å². The van der Waals surface area contributed by atoms with E-state index in [2.05, 4.69) is 21.9 Å². The summed E-state index contributed by atoms with van der Waals surface area (Å²) in [4.78, 5) is 13.7. The molecule has 0 spiro atoms. The van der Waals surface area contributed by atoms with Gasteiger partial charge in [-0.25, -0.2) is 13.1 Å². The van der Waals surface area contributed by atoms with E-state index in [1.165, 1.54) is 12.8 Å². The Morgan fingerprint density at radius 3 is 2.70 bits per heavy atom. The van der Waals surface area contributed by atoms with Crippen LogP contribution in [0.5, 0.6) is 0 Å². The summed E-state index contributed by atoms with van der Waals surface area (Å²) in [6.45, 7) is 5.53. The molecular weight excluding hydrogens is 443 g/mol. The molecular formula is C19H27ClF3N3O3S. The third-order valence-corrected chi connectivity index (χ3v) is 6.70. The molecule has 6 nitrogen and oxygen atoms in total. The van der Waals surface area contributed by atoms with E-state index < -0.39 is 31.7 Å². The smallest absolute Gasteiger partial charge is 0.356 e. The van der Waals surface area contributed by atoms with Crippen molar-refractivity contribution in [3.05, 3.63) is 28.8 Å². The van der Waals surface area contributed by atoms with Crippen molar-refractivity contribution in [3.63, 3.8) is 0 Å². The normalized spacial score (nSPS) is 18.4. The van der Waals surface area contributed by atoms with Gasteiger partial charge in [0.15, 0.2) is 0 Å². The Morgan fingerprint density at radius 2 is 2.03 bits per heavy atom. The van der Waals surface area contributed by atoms with Gasteiger partial charge < -0.3 is 10.2 Å². The Kier molecular flexibility index (Phi) is 8.96. The minimum atomic E-state index is -4.77. The van der Waals surface area contributed by atoms with Crippen LogP contribution >= 0.6 is 11.6 Å². The SMILES string of the molecule is CC1CCCN(CCCNC(=O)CCNS(=O)(=O)c2ccc(Cl)c(C(F)(F)F)c2)C1. The average molecular weight is 470 g/mol. The third kappa shape index (κ3) is 7.72. The molecule has 1 unspecified atom stereocenters. The zero-order valence-corrected chi connectivity index (χ0v) is 18.3. The molecule has 0 bridgehead atoms. The van der Waals surface area contributed by atoms with Crippen LogP contribution in [0.4, 0.5) is 13.2 Å². The van der Waals surface area contributed by atoms with Gasteiger partial charge in [0.1, 0.15) is 0 Å². The zero-order valence-electron chi connectivity index (χ0n) is 16.8. The first-order chi connectivity index (χ1) is 14.0. The lowest BCUT2D eigenvalue weighted by Gasteiger charge is -2.30. The summed E-state index contributed by atoms with van der Waals surface area (Å²) in [7, 11) is -4.20. The Bertz CT molecular complexity index is 834. The number of nitrogens with zero attached hydrogens (tertiary/aromatic N) is 1. The molecule has 0 aliphatic carbocycles. The lowest BCUT2D eigenvalue weighted by molar-refractivity contribution is -0.137. The van der Waals surface area contributed by atoms with Crippen LogP contribution in [-0.4, -0.2) is 51.9 Å². The van der Waals surface area contributed by atoms with E-state index in [1.54, 1.807) is 0 Å². The fraction of sp³-hybridized carbons (Fsp3) is 0.632. The number of likely N-dealkylation sites (tertiary alicyclic amines) is 1. The lowest BCUT2D eigenvalue weighted by Crippen LogP contribution is -2.37. The lowest BCUT2D eigenvalue weighted by atomic mass is 10.0. The van der Waals surface area contributed by atoms with Gasteiger partial charge >= 0.3 is 6.18 Å². The first-order valence-corrected chi connectivity index (χ1v) is 11.7. The molecule has 1 heterocycles. The van der Waals surface area contributed by atoms with Crippen molar-refractivity contribution in [2.75, 3.05) is 32.7 Å². The van der Waals surface area contributed by atoms with Crippen molar-refractivity contribution in [3.8, 4) is 0 Å². The number of rotatable bonds is 9. The summed E-state index contributed by atoms with van der Waals surface area (Å²) in [6.07, 6.45) is -1.65. The van der Waals surface area contributed by atoms with Gasteiger partial charge in [-0.15, -0.1) is 0 Å². The van der Waals surface area contributed by atoms with Crippen LogP contribution in [0.3, 0.4) is 0 Å². The topological polar surface area (TPSA) is 78.5 Å². The molecule has 1 aliphatic rings. The fourth-order valence-electron chi connectivity index (χ4n) is 3.38. The molecule has 2 N–H and O–H groups in total. The predicted molar refractivity (Wildman–Crippen MR) is 109 cm³/mol. The maximum absolute atomic E-state index is 12.9. The van der Waals surface area contributed by atoms with Gasteiger partial charge in [-0.2, -0.15) is 13.2 Å². The first kappa shape index (κ1) is 24.9. The van der Waals surface area contributed by atoms with Crippen molar-refractivity contribution in [2.45, 2.75) is 43.7 Å². The van der Waals surface area contributed by atoms with Crippen LogP contribution in [-0.2, 0) is 21.0 Å². The highest BCUT2D eigenvalue weighted by atomic mass is 35.5. The molecule has 0 radical (unpaired) electrons. The number of sulfonamides is 1. The number of amides is 1. The summed E-state index contributed by atoms with van der Waals surface area (Å²) in [5.74, 6) is 0.367. The summed E-state index contributed by atoms with van der Waals surface area (Å²) in [5, 5.41) is 2.15. The maximum atomic E-state index is 12.9. The van der Waals surface area contributed by atoms with Crippen molar-refractivity contribution in [1.82, 2.24) is 14.9 Å². The van der Waals surface area contributed by atoms with Gasteiger partial charge in [-0.3, -0.25) is 4.79 Å².